The number of carbonyl (C=O) groups is 1. The number of piperidine rings is 1. The van der Waals surface area contributed by atoms with Crippen LogP contribution in [0.3, 0.4) is 0 Å². The van der Waals surface area contributed by atoms with Crippen LogP contribution >= 0.6 is 12.4 Å². The highest BCUT2D eigenvalue weighted by Crippen LogP contribution is 2.17. The van der Waals surface area contributed by atoms with Gasteiger partial charge < -0.3 is 10.6 Å². The number of hydrogen-bond donors (Lipinski definition) is 2. The minimum Gasteiger partial charge on any atom is -0.354 e. The highest BCUT2D eigenvalue weighted by molar-refractivity contribution is 5.85. The molecule has 106 valence electrons. The van der Waals surface area contributed by atoms with Crippen LogP contribution in [0.4, 0.5) is 0 Å². The van der Waals surface area contributed by atoms with Gasteiger partial charge in [0.25, 0.3) is 0 Å². The number of nitrogens with zero attached hydrogens (tertiary/aromatic N) is 1. The monoisotopic (exact) mass is 275 g/mol. The molecule has 2 N–H and O–H groups in total. The van der Waals surface area contributed by atoms with Gasteiger partial charge in [-0.05, 0) is 32.2 Å². The fraction of sp³-hybridized carbons (Fsp3) is 0.923. The van der Waals surface area contributed by atoms with Crippen molar-refractivity contribution in [3.63, 3.8) is 0 Å². The van der Waals surface area contributed by atoms with E-state index in [2.05, 4.69) is 29.4 Å². The number of rotatable bonds is 4. The van der Waals surface area contributed by atoms with Gasteiger partial charge in [-0.15, -0.1) is 12.4 Å². The summed E-state index contributed by atoms with van der Waals surface area (Å²) in [5.74, 6) is 1.24. The minimum atomic E-state index is 0. The molecule has 0 aromatic rings. The molecule has 2 saturated heterocycles. The Bertz CT molecular complexity index is 271. The van der Waals surface area contributed by atoms with Crippen LogP contribution in [0.15, 0.2) is 0 Å². The van der Waals surface area contributed by atoms with Gasteiger partial charge in [0.15, 0.2) is 0 Å². The van der Waals surface area contributed by atoms with E-state index in [4.69, 9.17) is 0 Å². The van der Waals surface area contributed by atoms with E-state index in [1.54, 1.807) is 0 Å². The third-order valence-corrected chi connectivity index (χ3v) is 4.04. The molecule has 18 heavy (non-hydrogen) atoms. The van der Waals surface area contributed by atoms with Crippen molar-refractivity contribution < 1.29 is 4.79 Å². The molecule has 5 heteroatoms. The first-order valence-corrected chi connectivity index (χ1v) is 6.89. The van der Waals surface area contributed by atoms with E-state index in [9.17, 15) is 4.79 Å². The fourth-order valence-corrected chi connectivity index (χ4v) is 2.62. The van der Waals surface area contributed by atoms with Gasteiger partial charge in [-0.25, -0.2) is 0 Å². The zero-order valence-electron chi connectivity index (χ0n) is 11.4. The molecule has 2 unspecified atom stereocenters. The lowest BCUT2D eigenvalue weighted by Crippen LogP contribution is -2.53. The second-order valence-corrected chi connectivity index (χ2v) is 5.69. The van der Waals surface area contributed by atoms with E-state index in [-0.39, 0.29) is 24.2 Å². The van der Waals surface area contributed by atoms with Gasteiger partial charge in [0.05, 0.1) is 5.92 Å². The predicted octanol–water partition coefficient (Wildman–Crippen LogP) is 0.864. The molecule has 0 radical (unpaired) electrons. The molecule has 0 bridgehead atoms. The van der Waals surface area contributed by atoms with Gasteiger partial charge in [-0.1, -0.05) is 6.92 Å². The molecular weight excluding hydrogens is 250 g/mol. The number of hydrogen-bond acceptors (Lipinski definition) is 3. The Morgan fingerprint density at radius 1 is 1.50 bits per heavy atom. The standard InChI is InChI=1S/C13H25N3O.ClH/c1-10-4-3-5-16(9-10)11(2)6-15-13(17)12-7-14-8-12;/h10-12,14H,3-9H2,1-2H3,(H,15,17);1H. The zero-order chi connectivity index (χ0) is 12.3. The molecule has 2 fully saturated rings. The first-order valence-electron chi connectivity index (χ1n) is 6.89. The lowest BCUT2D eigenvalue weighted by atomic mass is 9.99. The van der Waals surface area contributed by atoms with Crippen LogP contribution in [0, 0.1) is 11.8 Å². The first kappa shape index (κ1) is 15.7. The summed E-state index contributed by atoms with van der Waals surface area (Å²) in [5, 5.41) is 6.20. The average molecular weight is 276 g/mol. The lowest BCUT2D eigenvalue weighted by Gasteiger charge is -2.36. The Balaban J connectivity index is 0.00000162. The van der Waals surface area contributed by atoms with Crippen LogP contribution in [-0.4, -0.2) is 49.6 Å². The molecule has 2 aliphatic rings. The Labute approximate surface area is 116 Å². The van der Waals surface area contributed by atoms with Gasteiger partial charge in [-0.3, -0.25) is 9.69 Å². The van der Waals surface area contributed by atoms with E-state index in [0.717, 1.165) is 25.6 Å². The van der Waals surface area contributed by atoms with Crippen LogP contribution in [-0.2, 0) is 4.79 Å². The maximum absolute atomic E-state index is 11.7. The van der Waals surface area contributed by atoms with Gasteiger partial charge in [0, 0.05) is 32.2 Å². The third kappa shape index (κ3) is 4.11. The van der Waals surface area contributed by atoms with E-state index in [1.165, 1.54) is 25.9 Å². The third-order valence-electron chi connectivity index (χ3n) is 4.04. The molecule has 0 saturated carbocycles. The topological polar surface area (TPSA) is 44.4 Å². The summed E-state index contributed by atoms with van der Waals surface area (Å²) >= 11 is 0. The molecule has 0 spiro atoms. The van der Waals surface area contributed by atoms with E-state index in [1.807, 2.05) is 0 Å². The average Bonchev–Trinajstić information content (AvgIpc) is 2.23. The quantitative estimate of drug-likeness (QED) is 0.800. The number of amides is 1. The van der Waals surface area contributed by atoms with Crippen molar-refractivity contribution in [1.29, 1.82) is 0 Å². The largest absolute Gasteiger partial charge is 0.354 e. The highest BCUT2D eigenvalue weighted by atomic mass is 35.5. The number of carbonyl (C=O) groups excluding carboxylic acids is 1. The van der Waals surface area contributed by atoms with Crippen LogP contribution in [0.1, 0.15) is 26.7 Å². The number of halogens is 1. The molecule has 4 nitrogen and oxygen atoms in total. The summed E-state index contributed by atoms with van der Waals surface area (Å²) < 4.78 is 0. The molecule has 2 atom stereocenters. The zero-order valence-corrected chi connectivity index (χ0v) is 12.3. The summed E-state index contributed by atoms with van der Waals surface area (Å²) in [6, 6.07) is 0.467. The lowest BCUT2D eigenvalue weighted by molar-refractivity contribution is -0.126. The van der Waals surface area contributed by atoms with Gasteiger partial charge in [0.2, 0.25) is 5.91 Å². The minimum absolute atomic E-state index is 0. The normalized spacial score (nSPS) is 26.9. The van der Waals surface area contributed by atoms with E-state index < -0.39 is 0 Å². The Morgan fingerprint density at radius 2 is 2.22 bits per heavy atom. The summed E-state index contributed by atoms with van der Waals surface area (Å²) in [6.45, 7) is 9.40. The first-order chi connectivity index (χ1) is 8.16. The molecule has 2 rings (SSSR count). The number of likely N-dealkylation sites (tertiary alicyclic amines) is 1. The maximum atomic E-state index is 11.7. The van der Waals surface area contributed by atoms with Crippen LogP contribution < -0.4 is 10.6 Å². The summed E-state index contributed by atoms with van der Waals surface area (Å²) in [6.07, 6.45) is 2.65. The Morgan fingerprint density at radius 3 is 2.78 bits per heavy atom. The van der Waals surface area contributed by atoms with Crippen LogP contribution in [0.2, 0.25) is 0 Å². The van der Waals surface area contributed by atoms with Crippen molar-refractivity contribution in [2.45, 2.75) is 32.7 Å². The van der Waals surface area contributed by atoms with Crippen molar-refractivity contribution in [1.82, 2.24) is 15.5 Å². The molecule has 2 heterocycles. The van der Waals surface area contributed by atoms with Crippen molar-refractivity contribution >= 4 is 18.3 Å². The van der Waals surface area contributed by atoms with Gasteiger partial charge in [0.1, 0.15) is 0 Å². The highest BCUT2D eigenvalue weighted by Gasteiger charge is 2.26. The van der Waals surface area contributed by atoms with Crippen molar-refractivity contribution in [2.24, 2.45) is 11.8 Å². The van der Waals surface area contributed by atoms with Crippen molar-refractivity contribution in [3.8, 4) is 0 Å². The summed E-state index contributed by atoms with van der Waals surface area (Å²) in [4.78, 5) is 14.2. The summed E-state index contributed by atoms with van der Waals surface area (Å²) in [7, 11) is 0. The van der Waals surface area contributed by atoms with E-state index >= 15 is 0 Å². The smallest absolute Gasteiger partial charge is 0.225 e. The Kier molecular flexibility index (Phi) is 6.39. The van der Waals surface area contributed by atoms with Crippen LogP contribution in [0.5, 0.6) is 0 Å². The van der Waals surface area contributed by atoms with E-state index in [0.29, 0.717) is 6.04 Å². The molecule has 2 aliphatic heterocycles. The molecule has 0 aromatic carbocycles. The summed E-state index contributed by atoms with van der Waals surface area (Å²) in [5.41, 5.74) is 0. The van der Waals surface area contributed by atoms with Gasteiger partial charge in [-0.2, -0.15) is 0 Å². The molecule has 0 aliphatic carbocycles. The molecule has 1 amide bonds. The number of nitrogens with one attached hydrogen (secondary N) is 2. The molecule has 0 aromatic heterocycles. The molecular formula is C13H26ClN3O. The van der Waals surface area contributed by atoms with Crippen molar-refractivity contribution in [3.05, 3.63) is 0 Å². The fourth-order valence-electron chi connectivity index (χ4n) is 2.62. The van der Waals surface area contributed by atoms with Crippen molar-refractivity contribution in [2.75, 3.05) is 32.7 Å². The second kappa shape index (κ2) is 7.31. The SMILES string of the molecule is CC1CCCN(C(C)CNC(=O)C2CNC2)C1.Cl. The van der Waals surface area contributed by atoms with Crippen LogP contribution in [0.25, 0.3) is 0 Å². The second-order valence-electron chi connectivity index (χ2n) is 5.69. The van der Waals surface area contributed by atoms with Gasteiger partial charge >= 0.3 is 0 Å². The maximum Gasteiger partial charge on any atom is 0.225 e. The predicted molar refractivity (Wildman–Crippen MR) is 76.1 cm³/mol. The Hall–Kier alpha value is -0.320.